The van der Waals surface area contributed by atoms with Crippen molar-refractivity contribution in [3.8, 4) is 21.7 Å². The zero-order chi connectivity index (χ0) is 15.8. The number of hydrogen-bond acceptors (Lipinski definition) is 3. The highest BCUT2D eigenvalue weighted by Gasteiger charge is 2.16. The number of fused-ring (bicyclic) bond motifs is 1. The van der Waals surface area contributed by atoms with Crippen molar-refractivity contribution in [1.82, 2.24) is 9.38 Å². The largest absolute Gasteiger partial charge is 0.325 e. The van der Waals surface area contributed by atoms with Crippen molar-refractivity contribution >= 4 is 16.3 Å². The van der Waals surface area contributed by atoms with Crippen molar-refractivity contribution in [2.24, 2.45) is 5.73 Å². The van der Waals surface area contributed by atoms with Crippen LogP contribution >= 0.6 is 11.3 Å². The molecule has 0 fully saturated rings. The van der Waals surface area contributed by atoms with Crippen LogP contribution in [0.5, 0.6) is 0 Å². The molecule has 0 aliphatic rings. The molecule has 4 rings (SSSR count). The first-order chi connectivity index (χ1) is 11.3. The number of benzene rings is 2. The van der Waals surface area contributed by atoms with Crippen LogP contribution in [0.4, 0.5) is 4.39 Å². The molecular formula is C18H14FN3S. The van der Waals surface area contributed by atoms with Crippen LogP contribution in [0.25, 0.3) is 26.7 Å². The molecule has 0 bridgehead atoms. The Bertz CT molecular complexity index is 955. The fourth-order valence-electron chi connectivity index (χ4n) is 2.66. The summed E-state index contributed by atoms with van der Waals surface area (Å²) in [6.07, 6.45) is 2.07. The summed E-state index contributed by atoms with van der Waals surface area (Å²) in [5.74, 6) is -0.254. The number of thiazole rings is 1. The molecule has 0 unspecified atom stereocenters. The van der Waals surface area contributed by atoms with Gasteiger partial charge in [-0.1, -0.05) is 41.7 Å². The van der Waals surface area contributed by atoms with Crippen molar-refractivity contribution in [2.75, 3.05) is 0 Å². The number of hydrogen-bond donors (Lipinski definition) is 1. The Labute approximate surface area is 136 Å². The van der Waals surface area contributed by atoms with Gasteiger partial charge in [0.05, 0.1) is 16.3 Å². The summed E-state index contributed by atoms with van der Waals surface area (Å²) in [4.78, 5) is 6.75. The molecule has 2 heterocycles. The lowest BCUT2D eigenvalue weighted by Crippen LogP contribution is -2.01. The zero-order valence-electron chi connectivity index (χ0n) is 12.2. The molecule has 114 valence electrons. The maximum absolute atomic E-state index is 13.1. The first-order valence-corrected chi connectivity index (χ1v) is 8.10. The molecule has 0 aliphatic heterocycles. The number of imidazole rings is 1. The second kappa shape index (κ2) is 5.61. The molecule has 3 nitrogen and oxygen atoms in total. The average molecular weight is 323 g/mol. The number of aromatic nitrogens is 2. The summed E-state index contributed by atoms with van der Waals surface area (Å²) < 4.78 is 15.2. The summed E-state index contributed by atoms with van der Waals surface area (Å²) in [6.45, 7) is 0.374. The van der Waals surface area contributed by atoms with Gasteiger partial charge in [0.25, 0.3) is 0 Å². The van der Waals surface area contributed by atoms with Gasteiger partial charge in [0.15, 0.2) is 4.96 Å². The highest BCUT2D eigenvalue weighted by atomic mass is 32.1. The predicted molar refractivity (Wildman–Crippen MR) is 91.8 cm³/mol. The zero-order valence-corrected chi connectivity index (χ0v) is 13.1. The van der Waals surface area contributed by atoms with Crippen molar-refractivity contribution in [3.05, 3.63) is 72.3 Å². The first-order valence-electron chi connectivity index (χ1n) is 7.28. The van der Waals surface area contributed by atoms with Crippen LogP contribution in [0.2, 0.25) is 0 Å². The third-order valence-electron chi connectivity index (χ3n) is 3.79. The second-order valence-corrected chi connectivity index (χ2v) is 6.24. The molecule has 0 atom stereocenters. The maximum atomic E-state index is 13.1. The van der Waals surface area contributed by atoms with Crippen LogP contribution in [-0.4, -0.2) is 9.38 Å². The maximum Gasteiger partial charge on any atom is 0.195 e. The van der Waals surface area contributed by atoms with E-state index in [0.29, 0.717) is 6.54 Å². The summed E-state index contributed by atoms with van der Waals surface area (Å²) in [6, 6.07) is 16.6. The second-order valence-electron chi connectivity index (χ2n) is 5.23. The normalized spacial score (nSPS) is 11.2. The summed E-state index contributed by atoms with van der Waals surface area (Å²) in [5.41, 5.74) is 9.74. The number of halogens is 1. The summed E-state index contributed by atoms with van der Waals surface area (Å²) in [5, 5.41) is 0. The minimum absolute atomic E-state index is 0.254. The fraction of sp³-hybridized carbons (Fsp3) is 0.0556. The third-order valence-corrected chi connectivity index (χ3v) is 4.83. The first kappa shape index (κ1) is 14.1. The smallest absolute Gasteiger partial charge is 0.195 e. The van der Waals surface area contributed by atoms with Crippen LogP contribution in [0.3, 0.4) is 0 Å². The molecule has 0 amide bonds. The van der Waals surface area contributed by atoms with E-state index in [0.717, 1.165) is 32.4 Å². The Morgan fingerprint density at radius 1 is 1.00 bits per heavy atom. The standard InChI is InChI=1S/C18H14FN3S/c19-14-8-6-13(7-9-14)17-15(10-20)22-11-16(23-18(22)21-17)12-4-2-1-3-5-12/h1-9,11H,10,20H2. The van der Waals surface area contributed by atoms with Crippen molar-refractivity contribution in [2.45, 2.75) is 6.54 Å². The third kappa shape index (κ3) is 2.44. The van der Waals surface area contributed by atoms with E-state index >= 15 is 0 Å². The SMILES string of the molecule is NCc1c(-c2ccc(F)cc2)nc2sc(-c3ccccc3)cn12. The monoisotopic (exact) mass is 323 g/mol. The Morgan fingerprint density at radius 2 is 1.74 bits per heavy atom. The van der Waals surface area contributed by atoms with Crippen LogP contribution in [0.15, 0.2) is 60.8 Å². The van der Waals surface area contributed by atoms with Crippen molar-refractivity contribution < 1.29 is 4.39 Å². The molecule has 2 N–H and O–H groups in total. The van der Waals surface area contributed by atoms with E-state index < -0.39 is 0 Å². The van der Waals surface area contributed by atoms with Gasteiger partial charge >= 0.3 is 0 Å². The van der Waals surface area contributed by atoms with Gasteiger partial charge in [0.1, 0.15) is 5.82 Å². The van der Waals surface area contributed by atoms with E-state index in [1.165, 1.54) is 12.1 Å². The molecule has 4 aromatic rings. The van der Waals surface area contributed by atoms with E-state index in [2.05, 4.69) is 18.3 Å². The Hall–Kier alpha value is -2.50. The fourth-order valence-corrected chi connectivity index (χ4v) is 3.67. The summed E-state index contributed by atoms with van der Waals surface area (Å²) >= 11 is 1.62. The minimum atomic E-state index is -0.254. The van der Waals surface area contributed by atoms with E-state index in [9.17, 15) is 4.39 Å². The molecule has 0 radical (unpaired) electrons. The minimum Gasteiger partial charge on any atom is -0.325 e. The molecule has 2 aromatic carbocycles. The van der Waals surface area contributed by atoms with E-state index in [-0.39, 0.29) is 5.82 Å². The van der Waals surface area contributed by atoms with Gasteiger partial charge in [0.2, 0.25) is 0 Å². The van der Waals surface area contributed by atoms with Crippen molar-refractivity contribution in [3.63, 3.8) is 0 Å². The van der Waals surface area contributed by atoms with Gasteiger partial charge in [-0.05, 0) is 29.8 Å². The quantitative estimate of drug-likeness (QED) is 0.610. The molecule has 0 spiro atoms. The number of rotatable bonds is 3. The molecule has 0 aliphatic carbocycles. The molecular weight excluding hydrogens is 309 g/mol. The van der Waals surface area contributed by atoms with Gasteiger partial charge < -0.3 is 5.73 Å². The average Bonchev–Trinajstić information content (AvgIpc) is 3.14. The van der Waals surface area contributed by atoms with Gasteiger partial charge in [-0.25, -0.2) is 9.37 Å². The van der Waals surface area contributed by atoms with Gasteiger partial charge in [-0.3, -0.25) is 4.40 Å². The van der Waals surface area contributed by atoms with Crippen molar-refractivity contribution in [1.29, 1.82) is 0 Å². The molecule has 2 aromatic heterocycles. The lowest BCUT2D eigenvalue weighted by molar-refractivity contribution is 0.628. The van der Waals surface area contributed by atoms with E-state index in [4.69, 9.17) is 10.7 Å². The Kier molecular flexibility index (Phi) is 3.44. The topological polar surface area (TPSA) is 43.3 Å². The van der Waals surface area contributed by atoms with Crippen LogP contribution < -0.4 is 5.73 Å². The molecule has 0 saturated carbocycles. The Morgan fingerprint density at radius 3 is 2.43 bits per heavy atom. The lowest BCUT2D eigenvalue weighted by Gasteiger charge is -2.02. The van der Waals surface area contributed by atoms with Gasteiger partial charge in [0, 0.05) is 18.3 Å². The number of nitrogens with zero attached hydrogens (tertiary/aromatic N) is 2. The molecule has 23 heavy (non-hydrogen) atoms. The lowest BCUT2D eigenvalue weighted by atomic mass is 10.1. The molecule has 5 heteroatoms. The highest BCUT2D eigenvalue weighted by Crippen LogP contribution is 2.33. The number of nitrogens with two attached hydrogens (primary N) is 1. The van der Waals surface area contributed by atoms with Crippen LogP contribution in [0.1, 0.15) is 5.69 Å². The van der Waals surface area contributed by atoms with Gasteiger partial charge in [-0.15, -0.1) is 0 Å². The van der Waals surface area contributed by atoms with Gasteiger partial charge in [-0.2, -0.15) is 0 Å². The van der Waals surface area contributed by atoms with Crippen LogP contribution in [-0.2, 0) is 6.54 Å². The Balaban J connectivity index is 1.85. The predicted octanol–water partition coefficient (Wildman–Crippen LogP) is 4.33. The van der Waals surface area contributed by atoms with E-state index in [1.54, 1.807) is 23.5 Å². The van der Waals surface area contributed by atoms with Crippen LogP contribution in [0, 0.1) is 5.82 Å². The highest BCUT2D eigenvalue weighted by molar-refractivity contribution is 7.20. The molecule has 0 saturated heterocycles. The van der Waals surface area contributed by atoms with E-state index in [1.807, 2.05) is 22.6 Å². The summed E-state index contributed by atoms with van der Waals surface area (Å²) in [7, 11) is 0.